The van der Waals surface area contributed by atoms with E-state index < -0.39 is 0 Å². The van der Waals surface area contributed by atoms with Gasteiger partial charge in [0, 0.05) is 25.9 Å². The Morgan fingerprint density at radius 3 is 2.37 bits per heavy atom. The van der Waals surface area contributed by atoms with Gasteiger partial charge in [-0.2, -0.15) is 0 Å². The number of rotatable bonds is 6. The first-order chi connectivity index (χ1) is 9.31. The molecule has 0 spiro atoms. The van der Waals surface area contributed by atoms with Gasteiger partial charge in [0.15, 0.2) is 0 Å². The molecule has 2 aromatic rings. The average Bonchev–Trinajstić information content (AvgIpc) is 2.47. The molecule has 4 nitrogen and oxygen atoms in total. The summed E-state index contributed by atoms with van der Waals surface area (Å²) in [5.74, 6) is 1.34. The van der Waals surface area contributed by atoms with Crippen molar-refractivity contribution in [2.75, 3.05) is 13.7 Å². The molecule has 0 amide bonds. The van der Waals surface area contributed by atoms with E-state index in [1.165, 1.54) is 5.56 Å². The second-order valence-electron chi connectivity index (χ2n) is 4.20. The molecule has 2 rings (SSSR count). The highest BCUT2D eigenvalue weighted by atomic mass is 16.5. The predicted molar refractivity (Wildman–Crippen MR) is 74.2 cm³/mol. The van der Waals surface area contributed by atoms with Crippen LogP contribution in [0.2, 0.25) is 0 Å². The molecule has 0 unspecified atom stereocenters. The molecule has 0 fully saturated rings. The minimum absolute atomic E-state index is 0.488. The van der Waals surface area contributed by atoms with Crippen LogP contribution in [0.1, 0.15) is 11.1 Å². The van der Waals surface area contributed by atoms with E-state index in [0.29, 0.717) is 12.4 Å². The van der Waals surface area contributed by atoms with Gasteiger partial charge in [0.2, 0.25) is 5.88 Å². The van der Waals surface area contributed by atoms with Crippen molar-refractivity contribution in [3.8, 4) is 11.6 Å². The van der Waals surface area contributed by atoms with Crippen molar-refractivity contribution in [3.63, 3.8) is 0 Å². The molecule has 1 heterocycles. The van der Waals surface area contributed by atoms with E-state index in [0.717, 1.165) is 24.3 Å². The monoisotopic (exact) mass is 258 g/mol. The molecule has 0 saturated carbocycles. The fourth-order valence-electron chi connectivity index (χ4n) is 1.66. The second-order valence-corrected chi connectivity index (χ2v) is 4.20. The zero-order valence-electron chi connectivity index (χ0n) is 11.0. The Kier molecular flexibility index (Phi) is 4.89. The fourth-order valence-corrected chi connectivity index (χ4v) is 1.66. The zero-order chi connectivity index (χ0) is 13.5. The lowest BCUT2D eigenvalue weighted by molar-refractivity contribution is 0.202. The number of nitrogens with zero attached hydrogens (tertiary/aromatic N) is 1. The molecule has 0 atom stereocenters. The van der Waals surface area contributed by atoms with Crippen LogP contribution in [-0.2, 0) is 17.7 Å². The highest BCUT2D eigenvalue weighted by Gasteiger charge is 1.99. The summed E-state index contributed by atoms with van der Waals surface area (Å²) >= 11 is 0. The summed E-state index contributed by atoms with van der Waals surface area (Å²) in [5, 5.41) is 0. The van der Waals surface area contributed by atoms with Gasteiger partial charge in [0.05, 0.1) is 6.61 Å². The van der Waals surface area contributed by atoms with E-state index in [1.807, 2.05) is 36.4 Å². The Labute approximate surface area is 113 Å². The maximum Gasteiger partial charge on any atom is 0.219 e. The molecule has 0 aliphatic carbocycles. The third-order valence-corrected chi connectivity index (χ3v) is 2.77. The van der Waals surface area contributed by atoms with Crippen LogP contribution in [0.3, 0.4) is 0 Å². The van der Waals surface area contributed by atoms with Gasteiger partial charge in [-0.25, -0.2) is 4.98 Å². The van der Waals surface area contributed by atoms with Gasteiger partial charge < -0.3 is 15.2 Å². The van der Waals surface area contributed by atoms with Crippen molar-refractivity contribution in [3.05, 3.63) is 53.7 Å². The minimum Gasteiger partial charge on any atom is -0.439 e. The number of nitrogens with two attached hydrogens (primary N) is 1. The number of pyridine rings is 1. The molecule has 0 bridgehead atoms. The lowest BCUT2D eigenvalue weighted by atomic mass is 10.1. The van der Waals surface area contributed by atoms with Crippen molar-refractivity contribution in [2.45, 2.75) is 13.0 Å². The minimum atomic E-state index is 0.488. The largest absolute Gasteiger partial charge is 0.439 e. The average molecular weight is 258 g/mol. The molecule has 1 aromatic carbocycles. The molecule has 2 N–H and O–H groups in total. The predicted octanol–water partition coefficient (Wildman–Crippen LogP) is 2.52. The van der Waals surface area contributed by atoms with Crippen molar-refractivity contribution >= 4 is 0 Å². The molecule has 1 aromatic heterocycles. The van der Waals surface area contributed by atoms with Crippen LogP contribution < -0.4 is 10.5 Å². The summed E-state index contributed by atoms with van der Waals surface area (Å²) in [6.45, 7) is 1.21. The Morgan fingerprint density at radius 1 is 1.05 bits per heavy atom. The van der Waals surface area contributed by atoms with Gasteiger partial charge in [-0.15, -0.1) is 0 Å². The molecule has 19 heavy (non-hydrogen) atoms. The van der Waals surface area contributed by atoms with E-state index in [9.17, 15) is 0 Å². The van der Waals surface area contributed by atoms with Gasteiger partial charge >= 0.3 is 0 Å². The maximum absolute atomic E-state index is 5.65. The van der Waals surface area contributed by atoms with Crippen molar-refractivity contribution < 1.29 is 9.47 Å². The molecular weight excluding hydrogens is 240 g/mol. The summed E-state index contributed by atoms with van der Waals surface area (Å²) in [7, 11) is 1.70. The molecule has 0 saturated heterocycles. The first kappa shape index (κ1) is 13.5. The van der Waals surface area contributed by atoms with Crippen LogP contribution in [-0.4, -0.2) is 18.7 Å². The Hall–Kier alpha value is -1.91. The van der Waals surface area contributed by atoms with E-state index in [-0.39, 0.29) is 0 Å². The van der Waals surface area contributed by atoms with Crippen molar-refractivity contribution in [2.24, 2.45) is 5.73 Å². The fraction of sp³-hybridized carbons (Fsp3) is 0.267. The maximum atomic E-state index is 5.65. The molecule has 0 aliphatic heterocycles. The zero-order valence-corrected chi connectivity index (χ0v) is 11.0. The quantitative estimate of drug-likeness (QED) is 0.865. The molecule has 100 valence electrons. The van der Waals surface area contributed by atoms with Gasteiger partial charge in [-0.1, -0.05) is 18.2 Å². The van der Waals surface area contributed by atoms with Crippen LogP contribution in [0.5, 0.6) is 11.6 Å². The van der Waals surface area contributed by atoms with Crippen LogP contribution in [0, 0.1) is 0 Å². The van der Waals surface area contributed by atoms with Crippen LogP contribution in [0.15, 0.2) is 42.6 Å². The molecule has 4 heteroatoms. The van der Waals surface area contributed by atoms with E-state index >= 15 is 0 Å². The third-order valence-electron chi connectivity index (χ3n) is 2.77. The van der Waals surface area contributed by atoms with Gasteiger partial charge in [-0.05, 0) is 29.7 Å². The highest BCUT2D eigenvalue weighted by Crippen LogP contribution is 2.20. The smallest absolute Gasteiger partial charge is 0.219 e. The summed E-state index contributed by atoms with van der Waals surface area (Å²) in [5.41, 5.74) is 7.73. The van der Waals surface area contributed by atoms with E-state index in [1.54, 1.807) is 13.3 Å². The first-order valence-electron chi connectivity index (χ1n) is 6.22. The number of hydrogen-bond acceptors (Lipinski definition) is 4. The number of aromatic nitrogens is 1. The normalized spacial score (nSPS) is 10.4. The van der Waals surface area contributed by atoms with Crippen LogP contribution in [0.4, 0.5) is 0 Å². The lowest BCUT2D eigenvalue weighted by Gasteiger charge is -2.06. The second kappa shape index (κ2) is 6.87. The summed E-state index contributed by atoms with van der Waals surface area (Å²) in [6, 6.07) is 11.7. The number of hydrogen-bond donors (Lipinski definition) is 1. The SMILES string of the molecule is COCCc1ccc(Oc2ccc(CN)cn2)cc1. The number of ether oxygens (including phenoxy) is 2. The Morgan fingerprint density at radius 2 is 1.79 bits per heavy atom. The van der Waals surface area contributed by atoms with Gasteiger partial charge in [0.1, 0.15) is 5.75 Å². The van der Waals surface area contributed by atoms with Gasteiger partial charge in [-0.3, -0.25) is 0 Å². The molecule has 0 radical (unpaired) electrons. The topological polar surface area (TPSA) is 57.4 Å². The van der Waals surface area contributed by atoms with Crippen LogP contribution >= 0.6 is 0 Å². The van der Waals surface area contributed by atoms with Gasteiger partial charge in [0.25, 0.3) is 0 Å². The van der Waals surface area contributed by atoms with E-state index in [4.69, 9.17) is 15.2 Å². The van der Waals surface area contributed by atoms with E-state index in [2.05, 4.69) is 4.98 Å². The number of methoxy groups -OCH3 is 1. The first-order valence-corrected chi connectivity index (χ1v) is 6.22. The molecular formula is C15H18N2O2. The van der Waals surface area contributed by atoms with Crippen molar-refractivity contribution in [1.82, 2.24) is 4.98 Å². The molecule has 0 aliphatic rings. The summed E-state index contributed by atoms with van der Waals surface area (Å²) < 4.78 is 10.7. The Balaban J connectivity index is 1.98. The third kappa shape index (κ3) is 4.05. The lowest BCUT2D eigenvalue weighted by Crippen LogP contribution is -1.97. The Bertz CT molecular complexity index is 495. The van der Waals surface area contributed by atoms with Crippen molar-refractivity contribution in [1.29, 1.82) is 0 Å². The van der Waals surface area contributed by atoms with Crippen LogP contribution in [0.25, 0.3) is 0 Å². The standard InChI is InChI=1S/C15H18N2O2/c1-18-9-8-12-2-5-14(6-3-12)19-15-7-4-13(10-16)11-17-15/h2-7,11H,8-10,16H2,1H3. The number of benzene rings is 1. The summed E-state index contributed by atoms with van der Waals surface area (Å²) in [6.07, 6.45) is 2.63. The summed E-state index contributed by atoms with van der Waals surface area (Å²) in [4.78, 5) is 4.19. The highest BCUT2D eigenvalue weighted by molar-refractivity contribution is 5.31.